The predicted octanol–water partition coefficient (Wildman–Crippen LogP) is -2.24. The third-order valence-corrected chi connectivity index (χ3v) is 3.44. The van der Waals surface area contributed by atoms with Gasteiger partial charge in [0.1, 0.15) is 24.4 Å². The van der Waals surface area contributed by atoms with Crippen LogP contribution in [-0.2, 0) is 9.53 Å². The Hall–Kier alpha value is -2.40. The van der Waals surface area contributed by atoms with Gasteiger partial charge >= 0.3 is 5.69 Å². The van der Waals surface area contributed by atoms with E-state index in [1.165, 1.54) is 12.3 Å². The van der Waals surface area contributed by atoms with Gasteiger partial charge in [0.2, 0.25) is 0 Å². The maximum absolute atomic E-state index is 11.5. The topological polar surface area (TPSA) is 165 Å². The summed E-state index contributed by atoms with van der Waals surface area (Å²) in [5, 5.41) is 28.1. The number of H-pyrrole nitrogens is 2. The van der Waals surface area contributed by atoms with Gasteiger partial charge in [0, 0.05) is 25.0 Å². The molecule has 3 rings (SSSR count). The van der Waals surface area contributed by atoms with E-state index < -0.39 is 42.3 Å². The van der Waals surface area contributed by atoms with Crippen molar-refractivity contribution in [3.63, 3.8) is 0 Å². The normalized spacial score (nSPS) is 28.5. The molecule has 10 heteroatoms. The van der Waals surface area contributed by atoms with Crippen LogP contribution in [0.25, 0.3) is 0 Å². The molecule has 0 aliphatic carbocycles. The van der Waals surface area contributed by atoms with Gasteiger partial charge in [-0.25, -0.2) is 4.79 Å². The molecule has 2 aliphatic rings. The first-order valence-electron chi connectivity index (χ1n) is 7.09. The Morgan fingerprint density at radius 2 is 2.00 bits per heavy atom. The SMILES string of the molecule is O=C1C=CN=CC1.O=c1[nH]cc([C@@H]2O[C@H](CO)[C@@H](O)[C@H]2O)c(=O)[nH]1. The Bertz CT molecular complexity index is 751. The number of aromatic amines is 2. The molecule has 130 valence electrons. The van der Waals surface area contributed by atoms with E-state index >= 15 is 0 Å². The molecule has 0 radical (unpaired) electrons. The van der Waals surface area contributed by atoms with Crippen LogP contribution in [0, 0.1) is 0 Å². The number of aliphatic imine (C=N–C) groups is 1. The average molecular weight is 339 g/mol. The maximum atomic E-state index is 11.5. The molecule has 1 aromatic heterocycles. The lowest BCUT2D eigenvalue weighted by molar-refractivity contribution is -0.113. The van der Waals surface area contributed by atoms with E-state index in [2.05, 4.69) is 9.98 Å². The van der Waals surface area contributed by atoms with Crippen molar-refractivity contribution in [1.82, 2.24) is 9.97 Å². The number of ether oxygens (including phenoxy) is 1. The number of hydrogen-bond acceptors (Lipinski definition) is 8. The quantitative estimate of drug-likeness (QED) is 0.406. The molecule has 0 amide bonds. The Morgan fingerprint density at radius 1 is 1.25 bits per heavy atom. The molecular formula is C14H17N3O7. The van der Waals surface area contributed by atoms with Gasteiger partial charge in [-0.05, 0) is 6.08 Å². The van der Waals surface area contributed by atoms with E-state index in [4.69, 9.17) is 9.84 Å². The fraction of sp³-hybridized carbons (Fsp3) is 0.429. The fourth-order valence-corrected chi connectivity index (χ4v) is 2.19. The van der Waals surface area contributed by atoms with E-state index in [-0.39, 0.29) is 11.3 Å². The van der Waals surface area contributed by atoms with Gasteiger partial charge in [-0.2, -0.15) is 0 Å². The summed E-state index contributed by atoms with van der Waals surface area (Å²) in [6, 6.07) is 0. The Morgan fingerprint density at radius 3 is 2.46 bits per heavy atom. The molecule has 0 spiro atoms. The van der Waals surface area contributed by atoms with Crippen molar-refractivity contribution in [3.8, 4) is 0 Å². The molecule has 3 heterocycles. The van der Waals surface area contributed by atoms with Crippen molar-refractivity contribution < 1.29 is 24.9 Å². The maximum Gasteiger partial charge on any atom is 0.325 e. The molecule has 0 saturated carbocycles. The minimum absolute atomic E-state index is 0.00731. The summed E-state index contributed by atoms with van der Waals surface area (Å²) in [7, 11) is 0. The summed E-state index contributed by atoms with van der Waals surface area (Å²) >= 11 is 0. The van der Waals surface area contributed by atoms with Crippen molar-refractivity contribution in [1.29, 1.82) is 0 Å². The summed E-state index contributed by atoms with van der Waals surface area (Å²) < 4.78 is 5.15. The number of allylic oxidation sites excluding steroid dienone is 1. The summed E-state index contributed by atoms with van der Waals surface area (Å²) in [5.74, 6) is 0.134. The second-order valence-electron chi connectivity index (χ2n) is 5.10. The summed E-state index contributed by atoms with van der Waals surface area (Å²) in [6.07, 6.45) is 1.51. The number of hydrogen-bond donors (Lipinski definition) is 5. The highest BCUT2D eigenvalue weighted by molar-refractivity contribution is 6.00. The van der Waals surface area contributed by atoms with Crippen LogP contribution in [-0.4, -0.2) is 62.2 Å². The number of nitrogens with zero attached hydrogens (tertiary/aromatic N) is 1. The van der Waals surface area contributed by atoms with Crippen molar-refractivity contribution in [2.45, 2.75) is 30.8 Å². The highest BCUT2D eigenvalue weighted by atomic mass is 16.6. The van der Waals surface area contributed by atoms with Gasteiger partial charge in [-0.1, -0.05) is 0 Å². The molecule has 1 saturated heterocycles. The molecule has 10 nitrogen and oxygen atoms in total. The second-order valence-corrected chi connectivity index (χ2v) is 5.10. The standard InChI is InChI=1S/C9H12N2O6.C5H5NO/c12-2-4-5(13)6(14)7(17-4)3-1-10-9(16)11-8(3)15;7-5-1-3-6-4-2-5/h1,4-7,12-14H,2H2,(H2,10,11,15,16);1,3-4H,2H2/t4-,5-,6-,7+;/m1./s1. The lowest BCUT2D eigenvalue weighted by Crippen LogP contribution is -2.34. The van der Waals surface area contributed by atoms with Crippen LogP contribution >= 0.6 is 0 Å². The number of aromatic nitrogens is 2. The Balaban J connectivity index is 0.000000249. The molecule has 2 aliphatic heterocycles. The Labute approximate surface area is 135 Å². The highest BCUT2D eigenvalue weighted by Gasteiger charge is 2.44. The average Bonchev–Trinajstić information content (AvgIpc) is 2.84. The van der Waals surface area contributed by atoms with Gasteiger partial charge in [-0.15, -0.1) is 0 Å². The first kappa shape index (κ1) is 17.9. The van der Waals surface area contributed by atoms with Crippen LogP contribution in [0.2, 0.25) is 0 Å². The summed E-state index contributed by atoms with van der Waals surface area (Å²) in [5.41, 5.74) is -1.39. The molecule has 5 N–H and O–H groups in total. The minimum atomic E-state index is -1.33. The van der Waals surface area contributed by atoms with Crippen LogP contribution < -0.4 is 11.2 Å². The first-order chi connectivity index (χ1) is 11.4. The smallest absolute Gasteiger partial charge is 0.325 e. The fourth-order valence-electron chi connectivity index (χ4n) is 2.19. The number of aliphatic hydroxyl groups is 3. The predicted molar refractivity (Wildman–Crippen MR) is 81.7 cm³/mol. The van der Waals surface area contributed by atoms with E-state index in [1.54, 1.807) is 6.21 Å². The summed E-state index contributed by atoms with van der Waals surface area (Å²) in [6.45, 7) is -0.476. The number of ketones is 1. The number of carbonyl (C=O) groups is 1. The van der Waals surface area contributed by atoms with Crippen molar-refractivity contribution in [3.05, 3.63) is 44.9 Å². The van der Waals surface area contributed by atoms with Crippen LogP contribution in [0.4, 0.5) is 0 Å². The zero-order chi connectivity index (χ0) is 17.7. The van der Waals surface area contributed by atoms with E-state index in [9.17, 15) is 24.6 Å². The number of aliphatic hydroxyl groups excluding tert-OH is 3. The van der Waals surface area contributed by atoms with E-state index in [0.717, 1.165) is 6.20 Å². The van der Waals surface area contributed by atoms with Gasteiger partial charge < -0.3 is 25.0 Å². The summed E-state index contributed by atoms with van der Waals surface area (Å²) in [4.78, 5) is 40.5. The monoisotopic (exact) mass is 339 g/mol. The highest BCUT2D eigenvalue weighted by Crippen LogP contribution is 2.31. The third-order valence-electron chi connectivity index (χ3n) is 3.44. The van der Waals surface area contributed by atoms with Crippen LogP contribution in [0.15, 0.2) is 33.1 Å². The van der Waals surface area contributed by atoms with Crippen molar-refractivity contribution in [2.24, 2.45) is 4.99 Å². The largest absolute Gasteiger partial charge is 0.394 e. The number of nitrogens with one attached hydrogen (secondary N) is 2. The number of carbonyl (C=O) groups excluding carboxylic acids is 1. The Kier molecular flexibility index (Phi) is 5.93. The molecule has 0 aromatic carbocycles. The number of rotatable bonds is 2. The molecule has 24 heavy (non-hydrogen) atoms. The molecular weight excluding hydrogens is 322 g/mol. The molecule has 1 fully saturated rings. The van der Waals surface area contributed by atoms with Crippen LogP contribution in [0.1, 0.15) is 18.1 Å². The lowest BCUT2D eigenvalue weighted by Gasteiger charge is -2.13. The van der Waals surface area contributed by atoms with Gasteiger partial charge in [-0.3, -0.25) is 19.6 Å². The second kappa shape index (κ2) is 7.93. The molecule has 1 aromatic rings. The first-order valence-corrected chi connectivity index (χ1v) is 7.09. The van der Waals surface area contributed by atoms with Crippen molar-refractivity contribution >= 4 is 12.0 Å². The van der Waals surface area contributed by atoms with Gasteiger partial charge in [0.15, 0.2) is 5.78 Å². The lowest BCUT2D eigenvalue weighted by atomic mass is 10.0. The van der Waals surface area contributed by atoms with Crippen molar-refractivity contribution in [2.75, 3.05) is 6.61 Å². The van der Waals surface area contributed by atoms with Gasteiger partial charge in [0.25, 0.3) is 5.56 Å². The van der Waals surface area contributed by atoms with Crippen LogP contribution in [0.3, 0.4) is 0 Å². The molecule has 0 bridgehead atoms. The van der Waals surface area contributed by atoms with Gasteiger partial charge in [0.05, 0.1) is 12.2 Å². The van der Waals surface area contributed by atoms with E-state index in [0.29, 0.717) is 6.42 Å². The molecule has 0 unspecified atom stereocenters. The van der Waals surface area contributed by atoms with Crippen LogP contribution in [0.5, 0.6) is 0 Å². The van der Waals surface area contributed by atoms with E-state index in [1.807, 2.05) is 4.98 Å². The minimum Gasteiger partial charge on any atom is -0.394 e. The zero-order valence-corrected chi connectivity index (χ0v) is 12.5. The third kappa shape index (κ3) is 4.11. The molecule has 4 atom stereocenters. The zero-order valence-electron chi connectivity index (χ0n) is 12.5.